The number of carbonyl (C=O) groups is 2. The molecule has 0 aliphatic rings. The minimum Gasteiger partial charge on any atom is -0.368 e. The quantitative estimate of drug-likeness (QED) is 0.596. The molecule has 0 fully saturated rings. The number of benzene rings is 2. The lowest BCUT2D eigenvalue weighted by Gasteiger charge is -2.11. The molecule has 2 amide bonds. The molecule has 0 saturated carbocycles. The fourth-order valence-corrected chi connectivity index (χ4v) is 2.27. The third-order valence-electron chi connectivity index (χ3n) is 3.53. The Morgan fingerprint density at radius 1 is 0.778 bits per heavy atom. The van der Waals surface area contributed by atoms with Crippen molar-refractivity contribution in [1.29, 1.82) is 0 Å². The molecule has 2 aromatic carbocycles. The van der Waals surface area contributed by atoms with Gasteiger partial charge in [0.25, 0.3) is 11.8 Å². The van der Waals surface area contributed by atoms with Crippen LogP contribution in [0.15, 0.2) is 65.8 Å². The van der Waals surface area contributed by atoms with Crippen molar-refractivity contribution in [3.8, 4) is 0 Å². The summed E-state index contributed by atoms with van der Waals surface area (Å²) in [5, 5.41) is 7.76. The number of nitrogens with one attached hydrogen (secondary N) is 2. The van der Waals surface area contributed by atoms with Crippen molar-refractivity contribution in [1.82, 2.24) is 9.97 Å². The normalized spacial score (nSPS) is 10.1. The van der Waals surface area contributed by atoms with Crippen LogP contribution in [0.1, 0.15) is 20.7 Å². The van der Waals surface area contributed by atoms with Crippen molar-refractivity contribution < 1.29 is 9.59 Å². The van der Waals surface area contributed by atoms with E-state index in [-0.39, 0.29) is 23.3 Å². The number of nitrogens with zero attached hydrogens (tertiary/aromatic N) is 3. The summed E-state index contributed by atoms with van der Waals surface area (Å²) in [5.41, 5.74) is 6.00. The molecule has 9 heteroatoms. The Labute approximate surface area is 153 Å². The van der Waals surface area contributed by atoms with Crippen molar-refractivity contribution in [2.45, 2.75) is 0 Å². The van der Waals surface area contributed by atoms with Crippen LogP contribution in [0.25, 0.3) is 0 Å². The minimum atomic E-state index is -0.515. The third-order valence-corrected chi connectivity index (χ3v) is 3.53. The summed E-state index contributed by atoms with van der Waals surface area (Å²) >= 11 is 0. The molecule has 0 unspecified atom stereocenters. The Kier molecular flexibility index (Phi) is 5.12. The summed E-state index contributed by atoms with van der Waals surface area (Å²) in [4.78, 5) is 43.6. The number of hydrogen-bond acceptors (Lipinski definition) is 7. The van der Waals surface area contributed by atoms with Gasteiger partial charge in [-0.2, -0.15) is 9.97 Å². The SMILES string of the molecule is Nc1nc(NC(=O)c2ccccc2)c(N=O)c(NC(=O)c2ccccc2)n1. The van der Waals surface area contributed by atoms with E-state index >= 15 is 0 Å². The van der Waals surface area contributed by atoms with Crippen LogP contribution in [0.3, 0.4) is 0 Å². The lowest BCUT2D eigenvalue weighted by Crippen LogP contribution is -2.17. The maximum absolute atomic E-state index is 12.3. The summed E-state index contributed by atoms with van der Waals surface area (Å²) in [6.45, 7) is 0. The average Bonchev–Trinajstić information content (AvgIpc) is 2.69. The Balaban J connectivity index is 1.91. The second-order valence-corrected chi connectivity index (χ2v) is 5.36. The standard InChI is InChI=1S/C18H14N6O3/c19-18-22-14(20-16(25)11-7-3-1-4-8-11)13(24-27)15(23-18)21-17(26)12-9-5-2-6-10-12/h1-10H,(H4,19,20,21,22,23,25,26). The van der Waals surface area contributed by atoms with Gasteiger partial charge in [-0.15, -0.1) is 4.91 Å². The van der Waals surface area contributed by atoms with E-state index < -0.39 is 11.8 Å². The molecule has 1 aromatic heterocycles. The second-order valence-electron chi connectivity index (χ2n) is 5.36. The topological polar surface area (TPSA) is 139 Å². The van der Waals surface area contributed by atoms with Gasteiger partial charge in [0, 0.05) is 11.1 Å². The number of carbonyl (C=O) groups excluding carboxylic acids is 2. The van der Waals surface area contributed by atoms with E-state index in [4.69, 9.17) is 5.73 Å². The van der Waals surface area contributed by atoms with Crippen LogP contribution in [0.2, 0.25) is 0 Å². The van der Waals surface area contributed by atoms with Crippen molar-refractivity contribution >= 4 is 35.1 Å². The summed E-state index contributed by atoms with van der Waals surface area (Å²) < 4.78 is 0. The van der Waals surface area contributed by atoms with Crippen LogP contribution in [0, 0.1) is 4.91 Å². The van der Waals surface area contributed by atoms with Crippen LogP contribution < -0.4 is 16.4 Å². The summed E-state index contributed by atoms with van der Waals surface area (Å²) in [5.74, 6) is -1.67. The predicted molar refractivity (Wildman–Crippen MR) is 101 cm³/mol. The van der Waals surface area contributed by atoms with Gasteiger partial charge < -0.3 is 16.4 Å². The minimum absolute atomic E-state index is 0.199. The maximum atomic E-state index is 12.3. The number of rotatable bonds is 5. The Bertz CT molecular complexity index is 918. The molecule has 0 bridgehead atoms. The highest BCUT2D eigenvalue weighted by Gasteiger charge is 2.19. The number of aromatic nitrogens is 2. The van der Waals surface area contributed by atoms with E-state index in [0.29, 0.717) is 11.1 Å². The Hall–Kier alpha value is -4.14. The molecule has 3 rings (SSSR count). The first-order valence-electron chi connectivity index (χ1n) is 7.82. The average molecular weight is 362 g/mol. The molecule has 3 aromatic rings. The zero-order chi connectivity index (χ0) is 19.2. The highest BCUT2D eigenvalue weighted by atomic mass is 16.3. The van der Waals surface area contributed by atoms with Crippen LogP contribution in [-0.4, -0.2) is 21.8 Å². The molecule has 0 saturated heterocycles. The van der Waals surface area contributed by atoms with E-state index in [1.807, 2.05) is 0 Å². The number of nitrogens with two attached hydrogens (primary N) is 1. The Morgan fingerprint density at radius 2 is 1.19 bits per heavy atom. The molecule has 1 heterocycles. The first-order chi connectivity index (χ1) is 13.1. The summed E-state index contributed by atoms with van der Waals surface area (Å²) in [7, 11) is 0. The fraction of sp³-hybridized carbons (Fsp3) is 0. The molecule has 0 spiro atoms. The zero-order valence-electron chi connectivity index (χ0n) is 13.9. The van der Waals surface area contributed by atoms with Gasteiger partial charge >= 0.3 is 0 Å². The van der Waals surface area contributed by atoms with Crippen molar-refractivity contribution in [3.63, 3.8) is 0 Å². The summed E-state index contributed by atoms with van der Waals surface area (Å²) in [6.07, 6.45) is 0. The van der Waals surface area contributed by atoms with Gasteiger partial charge in [-0.05, 0) is 29.4 Å². The van der Waals surface area contributed by atoms with Crippen molar-refractivity contribution in [2.75, 3.05) is 16.4 Å². The lowest BCUT2D eigenvalue weighted by molar-refractivity contribution is 0.101. The molecule has 0 atom stereocenters. The number of anilines is 3. The fourth-order valence-electron chi connectivity index (χ4n) is 2.27. The van der Waals surface area contributed by atoms with Gasteiger partial charge in [0.05, 0.1) is 0 Å². The first-order valence-corrected chi connectivity index (χ1v) is 7.82. The molecule has 27 heavy (non-hydrogen) atoms. The number of hydrogen-bond donors (Lipinski definition) is 3. The molecular weight excluding hydrogens is 348 g/mol. The van der Waals surface area contributed by atoms with Crippen LogP contribution in [0.5, 0.6) is 0 Å². The van der Waals surface area contributed by atoms with Crippen LogP contribution >= 0.6 is 0 Å². The molecule has 0 aliphatic carbocycles. The third kappa shape index (κ3) is 4.10. The molecule has 4 N–H and O–H groups in total. The highest BCUT2D eigenvalue weighted by Crippen LogP contribution is 2.31. The van der Waals surface area contributed by atoms with Gasteiger partial charge in [-0.3, -0.25) is 9.59 Å². The first kappa shape index (κ1) is 17.7. The number of nitroso groups, excluding NO2 is 1. The molecule has 0 radical (unpaired) electrons. The van der Waals surface area contributed by atoms with Crippen molar-refractivity contribution in [2.24, 2.45) is 5.18 Å². The smallest absolute Gasteiger partial charge is 0.256 e. The Morgan fingerprint density at radius 3 is 1.56 bits per heavy atom. The van der Waals surface area contributed by atoms with E-state index in [0.717, 1.165) is 0 Å². The highest BCUT2D eigenvalue weighted by molar-refractivity contribution is 6.08. The maximum Gasteiger partial charge on any atom is 0.256 e. The van der Waals surface area contributed by atoms with E-state index in [9.17, 15) is 14.5 Å². The van der Waals surface area contributed by atoms with Crippen LogP contribution in [-0.2, 0) is 0 Å². The predicted octanol–water partition coefficient (Wildman–Crippen LogP) is 2.96. The zero-order valence-corrected chi connectivity index (χ0v) is 13.9. The van der Waals surface area contributed by atoms with Crippen molar-refractivity contribution in [3.05, 3.63) is 76.7 Å². The van der Waals surface area contributed by atoms with Gasteiger partial charge in [0.2, 0.25) is 5.95 Å². The number of nitrogen functional groups attached to an aromatic ring is 1. The molecule has 0 aliphatic heterocycles. The van der Waals surface area contributed by atoms with E-state index in [1.165, 1.54) is 0 Å². The van der Waals surface area contributed by atoms with E-state index in [1.54, 1.807) is 60.7 Å². The monoisotopic (exact) mass is 362 g/mol. The van der Waals surface area contributed by atoms with Gasteiger partial charge in [-0.25, -0.2) is 0 Å². The molecule has 9 nitrogen and oxygen atoms in total. The van der Waals surface area contributed by atoms with Gasteiger partial charge in [0.1, 0.15) is 0 Å². The van der Waals surface area contributed by atoms with Gasteiger partial charge in [0.15, 0.2) is 17.3 Å². The lowest BCUT2D eigenvalue weighted by atomic mass is 10.2. The van der Waals surface area contributed by atoms with Gasteiger partial charge in [-0.1, -0.05) is 36.4 Å². The van der Waals surface area contributed by atoms with Crippen LogP contribution in [0.4, 0.5) is 23.3 Å². The summed E-state index contributed by atoms with van der Waals surface area (Å²) in [6, 6.07) is 16.6. The second kappa shape index (κ2) is 7.83. The largest absolute Gasteiger partial charge is 0.368 e. The molecular formula is C18H14N6O3. The van der Waals surface area contributed by atoms with E-state index in [2.05, 4.69) is 25.8 Å². The number of amides is 2. The molecule has 134 valence electrons.